The van der Waals surface area contributed by atoms with Gasteiger partial charge >= 0.3 is 0 Å². The van der Waals surface area contributed by atoms with Gasteiger partial charge in [-0.1, -0.05) is 33.8 Å². The van der Waals surface area contributed by atoms with Gasteiger partial charge in [-0.25, -0.2) is 0 Å². The molecule has 5 heteroatoms. The zero-order valence-electron chi connectivity index (χ0n) is 10.6. The molecule has 0 heterocycles. The molecule has 100 valence electrons. The van der Waals surface area contributed by atoms with Crippen LogP contribution >= 0.6 is 27.7 Å². The minimum absolute atomic E-state index is 0.638. The highest BCUT2D eigenvalue weighted by Crippen LogP contribution is 2.40. The first kappa shape index (κ1) is 14.1. The molecule has 0 radical (unpaired) electrons. The standard InChI is InChI=1S/C14H14BrNO2S/c1-17-12-7-11(16)14(8-13(12)18-2)19-10-5-3-4-9(15)6-10/h3-8H,16H2,1-2H3. The Morgan fingerprint density at radius 2 is 1.74 bits per heavy atom. The third-order valence-electron chi connectivity index (χ3n) is 2.54. The molecule has 0 amide bonds. The largest absolute Gasteiger partial charge is 0.493 e. The average Bonchev–Trinajstić information content (AvgIpc) is 2.40. The van der Waals surface area contributed by atoms with E-state index in [0.717, 1.165) is 14.3 Å². The third-order valence-corrected chi connectivity index (χ3v) is 4.10. The first-order valence-corrected chi connectivity index (χ1v) is 7.20. The summed E-state index contributed by atoms with van der Waals surface area (Å²) in [4.78, 5) is 2.05. The molecule has 0 aromatic heterocycles. The van der Waals surface area contributed by atoms with E-state index in [-0.39, 0.29) is 0 Å². The number of rotatable bonds is 4. The minimum Gasteiger partial charge on any atom is -0.493 e. The van der Waals surface area contributed by atoms with Gasteiger partial charge in [-0.3, -0.25) is 0 Å². The maximum Gasteiger partial charge on any atom is 0.162 e. The lowest BCUT2D eigenvalue weighted by Gasteiger charge is -2.12. The van der Waals surface area contributed by atoms with Gasteiger partial charge in [0.1, 0.15) is 0 Å². The van der Waals surface area contributed by atoms with Crippen molar-refractivity contribution in [3.05, 3.63) is 40.9 Å². The fourth-order valence-electron chi connectivity index (χ4n) is 1.62. The van der Waals surface area contributed by atoms with Gasteiger partial charge in [-0.05, 0) is 24.3 Å². The van der Waals surface area contributed by atoms with E-state index in [1.54, 1.807) is 32.0 Å². The van der Waals surface area contributed by atoms with E-state index in [1.165, 1.54) is 0 Å². The van der Waals surface area contributed by atoms with Crippen molar-refractivity contribution in [3.63, 3.8) is 0 Å². The fourth-order valence-corrected chi connectivity index (χ4v) is 3.10. The van der Waals surface area contributed by atoms with Crippen LogP contribution in [-0.2, 0) is 0 Å². The Labute approximate surface area is 125 Å². The molecule has 2 aromatic carbocycles. The quantitative estimate of drug-likeness (QED) is 0.848. The molecular formula is C14H14BrNO2S. The van der Waals surface area contributed by atoms with Crippen LogP contribution < -0.4 is 15.2 Å². The van der Waals surface area contributed by atoms with Crippen molar-refractivity contribution in [2.75, 3.05) is 20.0 Å². The highest BCUT2D eigenvalue weighted by atomic mass is 79.9. The van der Waals surface area contributed by atoms with E-state index in [9.17, 15) is 0 Å². The second-order valence-electron chi connectivity index (χ2n) is 3.80. The van der Waals surface area contributed by atoms with Crippen molar-refractivity contribution in [1.82, 2.24) is 0 Å². The van der Waals surface area contributed by atoms with E-state index in [1.807, 2.05) is 30.3 Å². The minimum atomic E-state index is 0.638. The molecule has 0 saturated heterocycles. The van der Waals surface area contributed by atoms with Crippen LogP contribution in [0.15, 0.2) is 50.7 Å². The lowest BCUT2D eigenvalue weighted by atomic mass is 10.3. The van der Waals surface area contributed by atoms with Gasteiger partial charge in [0.2, 0.25) is 0 Å². The normalized spacial score (nSPS) is 10.3. The van der Waals surface area contributed by atoms with Crippen molar-refractivity contribution >= 4 is 33.4 Å². The van der Waals surface area contributed by atoms with Crippen molar-refractivity contribution in [3.8, 4) is 11.5 Å². The average molecular weight is 340 g/mol. The maximum atomic E-state index is 6.04. The number of nitrogens with two attached hydrogens (primary N) is 1. The molecule has 2 aromatic rings. The Hall–Kier alpha value is -1.33. The highest BCUT2D eigenvalue weighted by molar-refractivity contribution is 9.10. The second-order valence-corrected chi connectivity index (χ2v) is 5.84. The van der Waals surface area contributed by atoms with Crippen molar-refractivity contribution < 1.29 is 9.47 Å². The van der Waals surface area contributed by atoms with Crippen LogP contribution in [-0.4, -0.2) is 14.2 Å². The summed E-state index contributed by atoms with van der Waals surface area (Å²) in [6.07, 6.45) is 0. The van der Waals surface area contributed by atoms with Gasteiger partial charge in [0.05, 0.1) is 14.2 Å². The molecule has 0 bridgehead atoms. The summed E-state index contributed by atoms with van der Waals surface area (Å²) in [7, 11) is 3.21. The molecule has 0 aliphatic carbocycles. The molecule has 0 aliphatic heterocycles. The van der Waals surface area contributed by atoms with Crippen LogP contribution in [0.25, 0.3) is 0 Å². The van der Waals surface area contributed by atoms with Gasteiger partial charge < -0.3 is 15.2 Å². The number of methoxy groups -OCH3 is 2. The van der Waals surface area contributed by atoms with E-state index < -0.39 is 0 Å². The molecule has 0 aliphatic rings. The number of anilines is 1. The smallest absolute Gasteiger partial charge is 0.162 e. The lowest BCUT2D eigenvalue weighted by molar-refractivity contribution is 0.354. The molecule has 0 spiro atoms. The maximum absolute atomic E-state index is 6.04. The highest BCUT2D eigenvalue weighted by Gasteiger charge is 2.10. The molecule has 0 saturated carbocycles. The van der Waals surface area contributed by atoms with E-state index in [0.29, 0.717) is 17.2 Å². The van der Waals surface area contributed by atoms with Crippen LogP contribution in [0.1, 0.15) is 0 Å². The zero-order valence-corrected chi connectivity index (χ0v) is 13.0. The Morgan fingerprint density at radius 1 is 1.05 bits per heavy atom. The first-order chi connectivity index (χ1) is 9.13. The van der Waals surface area contributed by atoms with E-state index in [2.05, 4.69) is 15.9 Å². The van der Waals surface area contributed by atoms with Gasteiger partial charge in [0.15, 0.2) is 11.5 Å². The molecule has 2 rings (SSSR count). The van der Waals surface area contributed by atoms with E-state index in [4.69, 9.17) is 15.2 Å². The van der Waals surface area contributed by atoms with Gasteiger partial charge in [-0.2, -0.15) is 0 Å². The van der Waals surface area contributed by atoms with Gasteiger partial charge in [-0.15, -0.1) is 0 Å². The number of benzene rings is 2. The van der Waals surface area contributed by atoms with Crippen LogP contribution in [0.4, 0.5) is 5.69 Å². The predicted molar refractivity (Wildman–Crippen MR) is 82.2 cm³/mol. The van der Waals surface area contributed by atoms with Crippen LogP contribution in [0.5, 0.6) is 11.5 Å². The number of hydrogen-bond acceptors (Lipinski definition) is 4. The third kappa shape index (κ3) is 3.36. The molecule has 3 nitrogen and oxygen atoms in total. The summed E-state index contributed by atoms with van der Waals surface area (Å²) in [5.41, 5.74) is 6.71. The van der Waals surface area contributed by atoms with Crippen LogP contribution in [0.2, 0.25) is 0 Å². The van der Waals surface area contributed by atoms with Crippen LogP contribution in [0, 0.1) is 0 Å². The van der Waals surface area contributed by atoms with Crippen molar-refractivity contribution in [2.24, 2.45) is 0 Å². The van der Waals surface area contributed by atoms with Gasteiger partial charge in [0.25, 0.3) is 0 Å². The molecule has 2 N–H and O–H groups in total. The van der Waals surface area contributed by atoms with Crippen molar-refractivity contribution in [1.29, 1.82) is 0 Å². The molecule has 0 fully saturated rings. The molecular weight excluding hydrogens is 326 g/mol. The Balaban J connectivity index is 2.35. The summed E-state index contributed by atoms with van der Waals surface area (Å²) in [5.74, 6) is 1.31. The number of ether oxygens (including phenoxy) is 2. The molecule has 0 atom stereocenters. The number of halogens is 1. The van der Waals surface area contributed by atoms with E-state index >= 15 is 0 Å². The SMILES string of the molecule is COc1cc(N)c(Sc2cccc(Br)c2)cc1OC. The summed E-state index contributed by atoms with van der Waals surface area (Å²) < 4.78 is 11.5. The molecule has 0 unspecified atom stereocenters. The summed E-state index contributed by atoms with van der Waals surface area (Å²) in [5, 5.41) is 0. The Kier molecular flexibility index (Phi) is 4.61. The Bertz CT molecular complexity index is 590. The van der Waals surface area contributed by atoms with Gasteiger partial charge in [0, 0.05) is 26.0 Å². The number of hydrogen-bond donors (Lipinski definition) is 1. The summed E-state index contributed by atoms with van der Waals surface area (Å²) in [6.45, 7) is 0. The number of nitrogen functional groups attached to an aromatic ring is 1. The molecule has 19 heavy (non-hydrogen) atoms. The van der Waals surface area contributed by atoms with Crippen LogP contribution in [0.3, 0.4) is 0 Å². The monoisotopic (exact) mass is 339 g/mol. The summed E-state index contributed by atoms with van der Waals surface area (Å²) in [6, 6.07) is 11.7. The topological polar surface area (TPSA) is 44.5 Å². The Morgan fingerprint density at radius 3 is 2.37 bits per heavy atom. The summed E-state index contributed by atoms with van der Waals surface area (Å²) >= 11 is 5.04. The van der Waals surface area contributed by atoms with Crippen molar-refractivity contribution in [2.45, 2.75) is 9.79 Å². The fraction of sp³-hybridized carbons (Fsp3) is 0.143. The predicted octanol–water partition coefficient (Wildman–Crippen LogP) is 4.20. The first-order valence-electron chi connectivity index (χ1n) is 5.59. The second kappa shape index (κ2) is 6.21. The lowest BCUT2D eigenvalue weighted by Crippen LogP contribution is -1.95. The zero-order chi connectivity index (χ0) is 13.8.